The second-order valence-electron chi connectivity index (χ2n) is 6.33. The van der Waals surface area contributed by atoms with Gasteiger partial charge >= 0.3 is 0 Å². The zero-order valence-electron chi connectivity index (χ0n) is 13.2. The summed E-state index contributed by atoms with van der Waals surface area (Å²) in [5.41, 5.74) is 1.55. The Balaban J connectivity index is 1.83. The molecule has 1 unspecified atom stereocenters. The van der Waals surface area contributed by atoms with E-state index in [0.29, 0.717) is 0 Å². The topological polar surface area (TPSA) is 18.5 Å². The van der Waals surface area contributed by atoms with Crippen molar-refractivity contribution in [2.45, 2.75) is 56.8 Å². The molecule has 0 aliphatic carbocycles. The van der Waals surface area contributed by atoms with Crippen molar-refractivity contribution in [3.63, 3.8) is 0 Å². The first-order chi connectivity index (χ1) is 10.3. The highest BCUT2D eigenvalue weighted by atomic mass is 28.4. The summed E-state index contributed by atoms with van der Waals surface area (Å²) in [5.74, 6) is 0. The highest BCUT2D eigenvalue weighted by Crippen LogP contribution is 2.27. The summed E-state index contributed by atoms with van der Waals surface area (Å²) in [6, 6.07) is 14.1. The van der Waals surface area contributed by atoms with Gasteiger partial charge in [-0.25, -0.2) is 0 Å². The zero-order chi connectivity index (χ0) is 14.5. The van der Waals surface area contributed by atoms with Crippen molar-refractivity contribution in [1.82, 2.24) is 0 Å². The molecule has 3 rings (SSSR count). The van der Waals surface area contributed by atoms with Gasteiger partial charge in [0.25, 0.3) is 0 Å². The third-order valence-corrected chi connectivity index (χ3v) is 11.8. The molecule has 1 aromatic carbocycles. The van der Waals surface area contributed by atoms with Crippen LogP contribution in [0.25, 0.3) is 0 Å². The molecule has 2 fully saturated rings. The van der Waals surface area contributed by atoms with Crippen molar-refractivity contribution in [3.05, 3.63) is 29.8 Å². The van der Waals surface area contributed by atoms with Gasteiger partial charge in [-0.1, -0.05) is 44.0 Å². The van der Waals surface area contributed by atoms with Crippen LogP contribution in [0.2, 0.25) is 18.1 Å². The largest absolute Gasteiger partial charge is 0.416 e. The van der Waals surface area contributed by atoms with E-state index in [-0.39, 0.29) is 0 Å². The molecule has 0 spiro atoms. The van der Waals surface area contributed by atoms with Crippen LogP contribution in [-0.2, 0) is 14.9 Å². The van der Waals surface area contributed by atoms with Crippen molar-refractivity contribution in [2.75, 3.05) is 13.2 Å². The van der Waals surface area contributed by atoms with E-state index in [1.165, 1.54) is 49.9 Å². The number of hydrogen-bond donors (Lipinski definition) is 0. The van der Waals surface area contributed by atoms with Gasteiger partial charge in [0.15, 0.2) is 0 Å². The molecule has 4 heteroatoms. The summed E-state index contributed by atoms with van der Waals surface area (Å²) in [5, 5.41) is 1.58. The van der Waals surface area contributed by atoms with Gasteiger partial charge in [0.05, 0.1) is 0 Å². The minimum atomic E-state index is -1.70. The molecule has 0 saturated carbocycles. The van der Waals surface area contributed by atoms with E-state index in [0.717, 1.165) is 13.2 Å². The second kappa shape index (κ2) is 7.22. The normalized spacial score (nSPS) is 27.7. The maximum atomic E-state index is 6.44. The van der Waals surface area contributed by atoms with Crippen LogP contribution >= 0.6 is 0 Å². The summed E-state index contributed by atoms with van der Waals surface area (Å²) < 4.78 is 12.5. The van der Waals surface area contributed by atoms with Crippen LogP contribution in [-0.4, -0.2) is 30.6 Å². The van der Waals surface area contributed by atoms with Crippen LogP contribution in [0.3, 0.4) is 0 Å². The third-order valence-electron chi connectivity index (χ3n) is 4.98. The Kier molecular flexibility index (Phi) is 5.32. The fourth-order valence-electron chi connectivity index (χ4n) is 3.72. The molecule has 2 saturated heterocycles. The lowest BCUT2D eigenvalue weighted by Crippen LogP contribution is -2.54. The SMILES string of the molecule is CC[Si]1(c2ccccc2C[Si]2CCCCO2)CCCCO1. The second-order valence-corrected chi connectivity index (χ2v) is 12.6. The Morgan fingerprint density at radius 3 is 2.67 bits per heavy atom. The maximum absolute atomic E-state index is 6.44. The molecule has 2 heterocycles. The Bertz CT molecular complexity index is 452. The molecular weight excluding hydrogens is 292 g/mol. The number of rotatable bonds is 4. The van der Waals surface area contributed by atoms with Gasteiger partial charge in [0.1, 0.15) is 0 Å². The van der Waals surface area contributed by atoms with Crippen LogP contribution in [0, 0.1) is 0 Å². The molecule has 0 aromatic heterocycles. The molecular formula is C17H27O2Si2. The van der Waals surface area contributed by atoms with Crippen LogP contribution < -0.4 is 5.19 Å². The standard InChI is InChI=1S/C17H27O2Si2/c1-2-21(14-8-6-12-19-21)17-10-4-3-9-16(17)15-20-13-7-5-11-18-20/h3-4,9-10H,2,5-8,11-15H2,1H3. The van der Waals surface area contributed by atoms with Crippen molar-refractivity contribution < 1.29 is 8.85 Å². The van der Waals surface area contributed by atoms with Gasteiger partial charge in [-0.3, -0.25) is 0 Å². The fraction of sp³-hybridized carbons (Fsp3) is 0.647. The summed E-state index contributed by atoms with van der Waals surface area (Å²) in [4.78, 5) is 0. The van der Waals surface area contributed by atoms with E-state index >= 15 is 0 Å². The Labute approximate surface area is 131 Å². The maximum Gasteiger partial charge on any atom is 0.224 e. The molecule has 1 atom stereocenters. The Hall–Kier alpha value is -0.426. The summed E-state index contributed by atoms with van der Waals surface area (Å²) in [6.07, 6.45) is 5.22. The van der Waals surface area contributed by atoms with Crippen LogP contribution in [0.4, 0.5) is 0 Å². The molecule has 2 aliphatic heterocycles. The molecule has 1 aromatic rings. The summed E-state index contributed by atoms with van der Waals surface area (Å²) in [6.45, 7) is 4.30. The van der Waals surface area contributed by atoms with E-state index < -0.39 is 17.4 Å². The van der Waals surface area contributed by atoms with E-state index in [1.54, 1.807) is 10.8 Å². The first-order valence-electron chi connectivity index (χ1n) is 8.54. The smallest absolute Gasteiger partial charge is 0.224 e. The molecule has 115 valence electrons. The highest BCUT2D eigenvalue weighted by molar-refractivity contribution is 6.87. The lowest BCUT2D eigenvalue weighted by Gasteiger charge is -2.36. The van der Waals surface area contributed by atoms with Gasteiger partial charge in [-0.2, -0.15) is 0 Å². The van der Waals surface area contributed by atoms with Crippen molar-refractivity contribution in [1.29, 1.82) is 0 Å². The van der Waals surface area contributed by atoms with E-state index in [2.05, 4.69) is 31.2 Å². The average molecular weight is 320 g/mol. The van der Waals surface area contributed by atoms with Gasteiger partial charge < -0.3 is 8.85 Å². The Morgan fingerprint density at radius 2 is 1.95 bits per heavy atom. The predicted octanol–water partition coefficient (Wildman–Crippen LogP) is 3.55. The fourth-order valence-corrected chi connectivity index (χ4v) is 10.1. The number of benzene rings is 1. The van der Waals surface area contributed by atoms with Crippen LogP contribution in [0.1, 0.15) is 38.2 Å². The molecule has 0 bridgehead atoms. The molecule has 21 heavy (non-hydrogen) atoms. The van der Waals surface area contributed by atoms with Gasteiger partial charge in [0.2, 0.25) is 17.4 Å². The van der Waals surface area contributed by atoms with Gasteiger partial charge in [-0.15, -0.1) is 0 Å². The Morgan fingerprint density at radius 1 is 1.10 bits per heavy atom. The molecule has 2 aliphatic rings. The summed E-state index contributed by atoms with van der Waals surface area (Å²) >= 11 is 0. The highest BCUT2D eigenvalue weighted by Gasteiger charge is 2.39. The first-order valence-corrected chi connectivity index (χ1v) is 12.7. The monoisotopic (exact) mass is 319 g/mol. The van der Waals surface area contributed by atoms with Gasteiger partial charge in [0, 0.05) is 13.2 Å². The van der Waals surface area contributed by atoms with Gasteiger partial charge in [-0.05, 0) is 47.8 Å². The minimum absolute atomic E-state index is 0.628. The predicted molar refractivity (Wildman–Crippen MR) is 91.8 cm³/mol. The minimum Gasteiger partial charge on any atom is -0.416 e. The quantitative estimate of drug-likeness (QED) is 0.790. The zero-order valence-corrected chi connectivity index (χ0v) is 15.2. The van der Waals surface area contributed by atoms with Crippen molar-refractivity contribution >= 4 is 22.5 Å². The molecule has 0 N–H and O–H groups in total. The first kappa shape index (κ1) is 15.5. The molecule has 1 radical (unpaired) electrons. The van der Waals surface area contributed by atoms with E-state index in [4.69, 9.17) is 8.85 Å². The summed E-state index contributed by atoms with van der Waals surface area (Å²) in [7, 11) is -2.33. The van der Waals surface area contributed by atoms with Crippen molar-refractivity contribution in [2.24, 2.45) is 0 Å². The van der Waals surface area contributed by atoms with Crippen LogP contribution in [0.15, 0.2) is 24.3 Å². The lowest BCUT2D eigenvalue weighted by molar-refractivity contribution is 0.275. The van der Waals surface area contributed by atoms with E-state index in [9.17, 15) is 0 Å². The average Bonchev–Trinajstić information content (AvgIpc) is 2.57. The van der Waals surface area contributed by atoms with Crippen LogP contribution in [0.5, 0.6) is 0 Å². The van der Waals surface area contributed by atoms with E-state index in [1.807, 2.05) is 0 Å². The molecule has 0 amide bonds. The lowest BCUT2D eigenvalue weighted by atomic mass is 10.2. The number of hydrogen-bond acceptors (Lipinski definition) is 2. The third kappa shape index (κ3) is 3.50. The van der Waals surface area contributed by atoms with Crippen molar-refractivity contribution in [3.8, 4) is 0 Å². The molecule has 2 nitrogen and oxygen atoms in total.